The summed E-state index contributed by atoms with van der Waals surface area (Å²) in [5.41, 5.74) is -1.29. The number of hydrogen-bond acceptors (Lipinski definition) is 3. The first-order valence-electron chi connectivity index (χ1n) is 5.67. The topological polar surface area (TPSA) is 75.3 Å². The van der Waals surface area contributed by atoms with E-state index in [1.54, 1.807) is 26.0 Å². The van der Waals surface area contributed by atoms with Gasteiger partial charge >= 0.3 is 6.03 Å². The van der Waals surface area contributed by atoms with E-state index in [1.807, 2.05) is 13.8 Å². The Kier molecular flexibility index (Phi) is 3.70. The highest BCUT2D eigenvalue weighted by atomic mass is 16.2. The van der Waals surface area contributed by atoms with Crippen LogP contribution in [0.1, 0.15) is 27.7 Å². The summed E-state index contributed by atoms with van der Waals surface area (Å²) in [6, 6.07) is -0.755. The number of urea groups is 1. The van der Waals surface area contributed by atoms with Crippen LogP contribution in [0.2, 0.25) is 0 Å². The zero-order valence-electron chi connectivity index (χ0n) is 10.5. The molecule has 1 aliphatic heterocycles. The predicted octanol–water partition coefficient (Wildman–Crippen LogP) is 1.21. The van der Waals surface area contributed by atoms with E-state index in [0.29, 0.717) is 0 Å². The Balaban J connectivity index is 3.18. The number of allylic oxidation sites excluding steroid dienone is 1. The smallest absolute Gasteiger partial charge is 0.277 e. The van der Waals surface area contributed by atoms with Gasteiger partial charge in [0.2, 0.25) is 11.8 Å². The largest absolute Gasteiger partial charge is 0.328 e. The second kappa shape index (κ2) is 4.69. The summed E-state index contributed by atoms with van der Waals surface area (Å²) in [5, 5.41) is 4.29. The standard InChI is InChI=1S/C12H18N2O3/c1-7(2)5-6-12(8(3)4)9(15)13-11(17)14-10(12)16/h5-8H,1-4H3,(H2,13,14,15,16,17)/b6-5+. The highest BCUT2D eigenvalue weighted by molar-refractivity contribution is 6.20. The van der Waals surface area contributed by atoms with E-state index >= 15 is 0 Å². The lowest BCUT2D eigenvalue weighted by Crippen LogP contribution is -2.63. The molecule has 5 nitrogen and oxygen atoms in total. The molecule has 0 aromatic carbocycles. The summed E-state index contributed by atoms with van der Waals surface area (Å²) < 4.78 is 0. The van der Waals surface area contributed by atoms with Gasteiger partial charge in [-0.2, -0.15) is 0 Å². The Labute approximate surface area is 101 Å². The fourth-order valence-corrected chi connectivity index (χ4v) is 1.76. The predicted molar refractivity (Wildman–Crippen MR) is 62.9 cm³/mol. The maximum atomic E-state index is 11.9. The van der Waals surface area contributed by atoms with Crippen molar-refractivity contribution >= 4 is 17.8 Å². The summed E-state index contributed by atoms with van der Waals surface area (Å²) in [6.45, 7) is 7.46. The first kappa shape index (κ1) is 13.4. The summed E-state index contributed by atoms with van der Waals surface area (Å²) >= 11 is 0. The molecule has 0 unspecified atom stereocenters. The molecular formula is C12H18N2O3. The minimum Gasteiger partial charge on any atom is -0.277 e. The van der Waals surface area contributed by atoms with E-state index in [4.69, 9.17) is 0 Å². The Hall–Kier alpha value is -1.65. The van der Waals surface area contributed by atoms with E-state index in [2.05, 4.69) is 10.6 Å². The lowest BCUT2D eigenvalue weighted by molar-refractivity contribution is -0.143. The average Bonchev–Trinajstić information content (AvgIpc) is 2.15. The summed E-state index contributed by atoms with van der Waals surface area (Å²) in [7, 11) is 0. The molecule has 4 amide bonds. The van der Waals surface area contributed by atoms with Crippen LogP contribution in [0.15, 0.2) is 12.2 Å². The number of amides is 4. The molecule has 94 valence electrons. The molecular weight excluding hydrogens is 220 g/mol. The molecule has 1 aliphatic rings. The molecule has 5 heteroatoms. The number of hydrogen-bond donors (Lipinski definition) is 2. The van der Waals surface area contributed by atoms with Gasteiger partial charge < -0.3 is 0 Å². The third-order valence-corrected chi connectivity index (χ3v) is 2.86. The highest BCUT2D eigenvalue weighted by Gasteiger charge is 2.50. The molecule has 1 heterocycles. The van der Waals surface area contributed by atoms with Crippen LogP contribution in [0, 0.1) is 17.3 Å². The van der Waals surface area contributed by atoms with Crippen molar-refractivity contribution in [2.75, 3.05) is 0 Å². The van der Waals surface area contributed by atoms with Crippen LogP contribution < -0.4 is 10.6 Å². The Bertz CT molecular complexity index is 363. The second-order valence-corrected chi connectivity index (χ2v) is 4.86. The first-order chi connectivity index (χ1) is 7.80. The molecule has 0 bridgehead atoms. The van der Waals surface area contributed by atoms with Crippen LogP contribution in [-0.2, 0) is 9.59 Å². The molecule has 17 heavy (non-hydrogen) atoms. The minimum atomic E-state index is -1.29. The van der Waals surface area contributed by atoms with Gasteiger partial charge in [-0.25, -0.2) is 4.79 Å². The number of barbiturate groups is 1. The van der Waals surface area contributed by atoms with Gasteiger partial charge in [-0.05, 0) is 11.8 Å². The van der Waals surface area contributed by atoms with Crippen molar-refractivity contribution in [2.45, 2.75) is 27.7 Å². The van der Waals surface area contributed by atoms with Gasteiger partial charge in [0.15, 0.2) is 0 Å². The van der Waals surface area contributed by atoms with Gasteiger partial charge in [0.25, 0.3) is 0 Å². The van der Waals surface area contributed by atoms with E-state index < -0.39 is 23.3 Å². The normalized spacial score (nSPS) is 20.0. The zero-order valence-corrected chi connectivity index (χ0v) is 10.5. The van der Waals surface area contributed by atoms with Crippen LogP contribution in [-0.4, -0.2) is 17.8 Å². The molecule has 1 rings (SSSR count). The molecule has 0 atom stereocenters. The Morgan fingerprint density at radius 2 is 1.47 bits per heavy atom. The van der Waals surface area contributed by atoms with E-state index in [1.165, 1.54) is 0 Å². The van der Waals surface area contributed by atoms with Gasteiger partial charge in [0, 0.05) is 0 Å². The average molecular weight is 238 g/mol. The Morgan fingerprint density at radius 3 is 1.82 bits per heavy atom. The van der Waals surface area contributed by atoms with Crippen LogP contribution in [0.5, 0.6) is 0 Å². The summed E-state index contributed by atoms with van der Waals surface area (Å²) in [5.74, 6) is -1.12. The fraction of sp³-hybridized carbons (Fsp3) is 0.583. The number of imide groups is 2. The molecule has 2 N–H and O–H groups in total. The van der Waals surface area contributed by atoms with Crippen molar-refractivity contribution in [1.82, 2.24) is 10.6 Å². The molecule has 0 aromatic rings. The lowest BCUT2D eigenvalue weighted by Gasteiger charge is -2.34. The van der Waals surface area contributed by atoms with E-state index in [-0.39, 0.29) is 11.8 Å². The maximum absolute atomic E-state index is 11.9. The second-order valence-electron chi connectivity index (χ2n) is 4.86. The third kappa shape index (κ3) is 2.38. The van der Waals surface area contributed by atoms with Gasteiger partial charge in [-0.3, -0.25) is 20.2 Å². The Morgan fingerprint density at radius 1 is 1.00 bits per heavy atom. The quantitative estimate of drug-likeness (QED) is 0.573. The molecule has 1 saturated heterocycles. The van der Waals surface area contributed by atoms with Crippen molar-refractivity contribution in [3.8, 4) is 0 Å². The van der Waals surface area contributed by atoms with Crippen molar-refractivity contribution in [3.63, 3.8) is 0 Å². The van der Waals surface area contributed by atoms with Gasteiger partial charge in [-0.15, -0.1) is 0 Å². The van der Waals surface area contributed by atoms with Gasteiger partial charge in [0.05, 0.1) is 0 Å². The van der Waals surface area contributed by atoms with Crippen LogP contribution >= 0.6 is 0 Å². The van der Waals surface area contributed by atoms with Crippen molar-refractivity contribution in [2.24, 2.45) is 17.3 Å². The zero-order chi connectivity index (χ0) is 13.2. The molecule has 0 spiro atoms. The van der Waals surface area contributed by atoms with E-state index in [0.717, 1.165) is 0 Å². The molecule has 0 aliphatic carbocycles. The van der Waals surface area contributed by atoms with Crippen molar-refractivity contribution in [1.29, 1.82) is 0 Å². The number of carbonyl (C=O) groups is 3. The minimum absolute atomic E-state index is 0.226. The molecule has 1 fully saturated rings. The molecule has 0 radical (unpaired) electrons. The highest BCUT2D eigenvalue weighted by Crippen LogP contribution is 2.32. The monoisotopic (exact) mass is 238 g/mol. The summed E-state index contributed by atoms with van der Waals surface area (Å²) in [4.78, 5) is 34.9. The maximum Gasteiger partial charge on any atom is 0.328 e. The number of nitrogens with one attached hydrogen (secondary N) is 2. The SMILES string of the molecule is CC(C)/C=C/C1(C(C)C)C(=O)NC(=O)NC1=O. The molecule has 0 aromatic heterocycles. The third-order valence-electron chi connectivity index (χ3n) is 2.86. The summed E-state index contributed by atoms with van der Waals surface area (Å²) in [6.07, 6.45) is 3.40. The van der Waals surface area contributed by atoms with Crippen molar-refractivity contribution < 1.29 is 14.4 Å². The van der Waals surface area contributed by atoms with Crippen LogP contribution in [0.25, 0.3) is 0 Å². The molecule has 0 saturated carbocycles. The van der Waals surface area contributed by atoms with Gasteiger partial charge in [-0.1, -0.05) is 39.8 Å². The van der Waals surface area contributed by atoms with Crippen molar-refractivity contribution in [3.05, 3.63) is 12.2 Å². The van der Waals surface area contributed by atoms with Crippen LogP contribution in [0.3, 0.4) is 0 Å². The number of rotatable bonds is 3. The fourth-order valence-electron chi connectivity index (χ4n) is 1.76. The van der Waals surface area contributed by atoms with E-state index in [9.17, 15) is 14.4 Å². The number of carbonyl (C=O) groups excluding carboxylic acids is 3. The lowest BCUT2D eigenvalue weighted by atomic mass is 9.73. The van der Waals surface area contributed by atoms with Gasteiger partial charge in [0.1, 0.15) is 5.41 Å². The first-order valence-corrected chi connectivity index (χ1v) is 5.67. The van der Waals surface area contributed by atoms with Crippen LogP contribution in [0.4, 0.5) is 4.79 Å².